The van der Waals surface area contributed by atoms with Crippen molar-refractivity contribution in [3.8, 4) is 0 Å². The van der Waals surface area contributed by atoms with Crippen molar-refractivity contribution in [3.63, 3.8) is 0 Å². The van der Waals surface area contributed by atoms with Gasteiger partial charge in [0.05, 0.1) is 17.8 Å². The van der Waals surface area contributed by atoms with E-state index in [1.54, 1.807) is 0 Å². The van der Waals surface area contributed by atoms with Gasteiger partial charge in [0.1, 0.15) is 0 Å². The summed E-state index contributed by atoms with van der Waals surface area (Å²) in [5.41, 5.74) is 3.20. The first-order valence-corrected chi connectivity index (χ1v) is 8.30. The number of aromatic nitrogens is 1. The zero-order valence-electron chi connectivity index (χ0n) is 14.9. The number of benzene rings is 1. The molecule has 1 amide bonds. The van der Waals surface area contributed by atoms with Gasteiger partial charge in [-0.1, -0.05) is 45.0 Å². The maximum Gasteiger partial charge on any atom is 0.335 e. The van der Waals surface area contributed by atoms with E-state index in [9.17, 15) is 9.59 Å². The number of aryl methyl sites for hydroxylation is 1. The van der Waals surface area contributed by atoms with E-state index in [0.717, 1.165) is 5.56 Å². The topological polar surface area (TPSA) is 79.3 Å². The van der Waals surface area contributed by atoms with Crippen LogP contribution in [0, 0.1) is 0 Å². The highest BCUT2D eigenvalue weighted by Crippen LogP contribution is 2.22. The molecule has 1 aromatic carbocycles. The quantitative estimate of drug-likeness (QED) is 0.845. The third-order valence-corrected chi connectivity index (χ3v) is 3.99. The predicted octanol–water partition coefficient (Wildman–Crippen LogP) is 3.33. The number of carboxylic acids is 1. The minimum atomic E-state index is -1.01. The number of aromatic carboxylic acids is 1. The number of nitrogens with zero attached hydrogens (tertiary/aromatic N) is 1. The zero-order chi connectivity index (χ0) is 18.4. The molecule has 132 valence electrons. The Bertz CT molecular complexity index is 746. The number of carbonyl (C=O) groups is 2. The van der Waals surface area contributed by atoms with Gasteiger partial charge in [-0.3, -0.25) is 9.78 Å². The molecular weight excluding hydrogens is 316 g/mol. The summed E-state index contributed by atoms with van der Waals surface area (Å²) in [5, 5.41) is 11.7. The molecule has 0 spiro atoms. The monoisotopic (exact) mass is 340 g/mol. The van der Waals surface area contributed by atoms with Crippen LogP contribution in [0.4, 0.5) is 0 Å². The van der Waals surface area contributed by atoms with Crippen molar-refractivity contribution in [3.05, 3.63) is 65.0 Å². The fourth-order valence-electron chi connectivity index (χ4n) is 2.41. The first-order chi connectivity index (χ1) is 11.8. The molecule has 1 aromatic heterocycles. The van der Waals surface area contributed by atoms with Gasteiger partial charge in [-0.15, -0.1) is 0 Å². The highest BCUT2D eigenvalue weighted by molar-refractivity contribution is 5.87. The predicted molar refractivity (Wildman–Crippen MR) is 96.5 cm³/mol. The molecule has 2 rings (SSSR count). The summed E-state index contributed by atoms with van der Waals surface area (Å²) in [4.78, 5) is 27.0. The van der Waals surface area contributed by atoms with Gasteiger partial charge in [0.15, 0.2) is 0 Å². The fourth-order valence-corrected chi connectivity index (χ4v) is 2.41. The van der Waals surface area contributed by atoms with E-state index < -0.39 is 5.97 Å². The van der Waals surface area contributed by atoms with Crippen molar-refractivity contribution in [2.45, 2.75) is 45.6 Å². The number of amides is 1. The molecule has 2 N–H and O–H groups in total. The molecule has 0 saturated carbocycles. The second-order valence-electron chi connectivity index (χ2n) is 7.06. The molecule has 2 aromatic rings. The first-order valence-electron chi connectivity index (χ1n) is 8.30. The normalized spacial score (nSPS) is 11.2. The van der Waals surface area contributed by atoms with E-state index >= 15 is 0 Å². The van der Waals surface area contributed by atoms with E-state index in [2.05, 4.69) is 55.3 Å². The van der Waals surface area contributed by atoms with Crippen LogP contribution in [0.5, 0.6) is 0 Å². The Morgan fingerprint density at radius 2 is 1.80 bits per heavy atom. The lowest BCUT2D eigenvalue weighted by Gasteiger charge is -2.19. The van der Waals surface area contributed by atoms with Crippen molar-refractivity contribution in [2.24, 2.45) is 0 Å². The first kappa shape index (κ1) is 18.6. The summed E-state index contributed by atoms with van der Waals surface area (Å²) in [6, 6.07) is 11.2. The van der Waals surface area contributed by atoms with Crippen LogP contribution in [0.25, 0.3) is 0 Å². The summed E-state index contributed by atoms with van der Waals surface area (Å²) in [7, 11) is 0. The molecule has 0 aliphatic heterocycles. The van der Waals surface area contributed by atoms with Gasteiger partial charge in [-0.05, 0) is 35.1 Å². The lowest BCUT2D eigenvalue weighted by Crippen LogP contribution is -2.23. The third-order valence-electron chi connectivity index (χ3n) is 3.99. The van der Waals surface area contributed by atoms with Crippen LogP contribution >= 0.6 is 0 Å². The van der Waals surface area contributed by atoms with Crippen LogP contribution in [0.15, 0.2) is 42.6 Å². The van der Waals surface area contributed by atoms with Crippen LogP contribution in [0.2, 0.25) is 0 Å². The second kappa shape index (κ2) is 7.92. The summed E-state index contributed by atoms with van der Waals surface area (Å²) >= 11 is 0. The van der Waals surface area contributed by atoms with Crippen LogP contribution < -0.4 is 5.32 Å². The molecule has 0 aliphatic carbocycles. The number of hydrogen-bond acceptors (Lipinski definition) is 3. The number of pyridine rings is 1. The van der Waals surface area contributed by atoms with Crippen molar-refractivity contribution >= 4 is 11.9 Å². The minimum absolute atomic E-state index is 0.0811. The Morgan fingerprint density at radius 3 is 2.40 bits per heavy atom. The van der Waals surface area contributed by atoms with Gasteiger partial charge in [-0.25, -0.2) is 4.79 Å². The molecule has 5 nitrogen and oxygen atoms in total. The number of nitrogens with one attached hydrogen (secondary N) is 1. The van der Waals surface area contributed by atoms with Crippen LogP contribution in [-0.4, -0.2) is 22.0 Å². The summed E-state index contributed by atoms with van der Waals surface area (Å²) < 4.78 is 0. The van der Waals surface area contributed by atoms with Gasteiger partial charge in [-0.2, -0.15) is 0 Å². The molecule has 0 atom stereocenters. The van der Waals surface area contributed by atoms with E-state index in [1.165, 1.54) is 23.9 Å². The van der Waals surface area contributed by atoms with Crippen molar-refractivity contribution in [2.75, 3.05) is 0 Å². The second-order valence-corrected chi connectivity index (χ2v) is 7.06. The number of carbonyl (C=O) groups excluding carboxylic acids is 1. The largest absolute Gasteiger partial charge is 0.478 e. The Morgan fingerprint density at radius 1 is 1.12 bits per heavy atom. The number of hydrogen-bond donors (Lipinski definition) is 2. The minimum Gasteiger partial charge on any atom is -0.478 e. The highest BCUT2D eigenvalue weighted by Gasteiger charge is 2.13. The van der Waals surface area contributed by atoms with Gasteiger partial charge in [0.2, 0.25) is 5.91 Å². The number of carboxylic acid groups (broad SMARTS) is 1. The Kier molecular flexibility index (Phi) is 5.91. The molecule has 5 heteroatoms. The van der Waals surface area contributed by atoms with Gasteiger partial charge >= 0.3 is 5.97 Å². The van der Waals surface area contributed by atoms with Crippen LogP contribution in [-0.2, 0) is 23.2 Å². The maximum atomic E-state index is 12.0. The molecule has 0 radical (unpaired) electrons. The smallest absolute Gasteiger partial charge is 0.335 e. The molecule has 0 aliphatic rings. The van der Waals surface area contributed by atoms with Crippen molar-refractivity contribution < 1.29 is 14.7 Å². The SMILES string of the molecule is CC(C)(C)c1ccc(CCC(=O)NCc2cc(C(=O)O)ccn2)cc1. The van der Waals surface area contributed by atoms with Gasteiger partial charge in [0, 0.05) is 12.6 Å². The van der Waals surface area contributed by atoms with E-state index in [0.29, 0.717) is 18.5 Å². The van der Waals surface area contributed by atoms with E-state index in [-0.39, 0.29) is 23.4 Å². The summed E-state index contributed by atoms with van der Waals surface area (Å²) in [6.45, 7) is 6.73. The van der Waals surface area contributed by atoms with E-state index in [4.69, 9.17) is 5.11 Å². The maximum absolute atomic E-state index is 12.0. The Balaban J connectivity index is 1.83. The lowest BCUT2D eigenvalue weighted by molar-refractivity contribution is -0.121. The standard InChI is InChI=1S/C20H24N2O3/c1-20(2,3)16-7-4-14(5-8-16)6-9-18(23)22-13-17-12-15(19(24)25)10-11-21-17/h4-5,7-8,10-12H,6,9,13H2,1-3H3,(H,22,23)(H,24,25). The summed E-state index contributed by atoms with van der Waals surface area (Å²) in [5.74, 6) is -1.09. The summed E-state index contributed by atoms with van der Waals surface area (Å²) in [6.07, 6.45) is 2.48. The molecule has 1 heterocycles. The van der Waals surface area contributed by atoms with E-state index in [1.807, 2.05) is 0 Å². The van der Waals surface area contributed by atoms with Gasteiger partial charge < -0.3 is 10.4 Å². The zero-order valence-corrected chi connectivity index (χ0v) is 14.9. The molecule has 0 bridgehead atoms. The molecule has 0 saturated heterocycles. The molecule has 0 unspecified atom stereocenters. The molecule has 0 fully saturated rings. The lowest BCUT2D eigenvalue weighted by atomic mass is 9.86. The Labute approximate surface area is 148 Å². The van der Waals surface area contributed by atoms with Crippen molar-refractivity contribution in [1.29, 1.82) is 0 Å². The highest BCUT2D eigenvalue weighted by atomic mass is 16.4. The third kappa shape index (κ3) is 5.71. The van der Waals surface area contributed by atoms with Crippen LogP contribution in [0.1, 0.15) is 54.4 Å². The molecular formula is C20H24N2O3. The average Bonchev–Trinajstić information content (AvgIpc) is 2.58. The fraction of sp³-hybridized carbons (Fsp3) is 0.350. The van der Waals surface area contributed by atoms with Crippen LogP contribution in [0.3, 0.4) is 0 Å². The molecule has 25 heavy (non-hydrogen) atoms. The number of rotatable bonds is 6. The van der Waals surface area contributed by atoms with Crippen molar-refractivity contribution in [1.82, 2.24) is 10.3 Å². The average molecular weight is 340 g/mol. The Hall–Kier alpha value is -2.69. The van der Waals surface area contributed by atoms with Gasteiger partial charge in [0.25, 0.3) is 0 Å².